The van der Waals surface area contributed by atoms with Crippen molar-refractivity contribution in [2.75, 3.05) is 0 Å². The molecule has 2 heteroatoms. The molecular weight excluding hydrogens is 167 g/mol. The number of rotatable bonds is 4. The van der Waals surface area contributed by atoms with E-state index < -0.39 is 0 Å². The largest absolute Gasteiger partial charge is 0.376 e. The van der Waals surface area contributed by atoms with Crippen LogP contribution < -0.4 is 0 Å². The molecule has 0 aliphatic heterocycles. The summed E-state index contributed by atoms with van der Waals surface area (Å²) in [5.74, 6) is 1.67. The highest BCUT2D eigenvalue weighted by molar-refractivity contribution is 7.20. The molecule has 74 valence electrons. The molecule has 0 amide bonds. The van der Waals surface area contributed by atoms with Crippen molar-refractivity contribution in [2.45, 2.75) is 52.7 Å². The van der Waals surface area contributed by atoms with E-state index in [9.17, 15) is 0 Å². The van der Waals surface area contributed by atoms with Gasteiger partial charge in [0.05, 0.1) is 12.2 Å². The smallest absolute Gasteiger partial charge is 0.0548 e. The van der Waals surface area contributed by atoms with Crippen LogP contribution in [0.4, 0.5) is 0 Å². The van der Waals surface area contributed by atoms with E-state index in [1.807, 2.05) is 0 Å². The van der Waals surface area contributed by atoms with E-state index >= 15 is 0 Å². The molecule has 0 aromatic rings. The monoisotopic (exact) mass is 190 g/mol. The van der Waals surface area contributed by atoms with Gasteiger partial charge in [-0.25, -0.2) is 0 Å². The number of hydrogen-bond donors (Lipinski definition) is 0. The van der Waals surface area contributed by atoms with E-state index in [0.717, 1.165) is 12.8 Å². The lowest BCUT2D eigenvalue weighted by Gasteiger charge is -2.15. The Morgan fingerprint density at radius 3 is 1.67 bits per heavy atom. The summed E-state index contributed by atoms with van der Waals surface area (Å²) in [7, 11) is 2.34. The maximum absolute atomic E-state index is 5.55. The Balaban J connectivity index is 0. The van der Waals surface area contributed by atoms with Crippen molar-refractivity contribution in [3.63, 3.8) is 0 Å². The molecule has 3 unspecified atom stereocenters. The zero-order valence-corrected chi connectivity index (χ0v) is 9.99. The van der Waals surface area contributed by atoms with Gasteiger partial charge in [0.1, 0.15) is 0 Å². The molecule has 0 saturated carbocycles. The molecule has 0 saturated heterocycles. The third-order valence-corrected chi connectivity index (χ3v) is 1.61. The summed E-state index contributed by atoms with van der Waals surface area (Å²) in [4.78, 5) is 0. The normalized spacial score (nSPS) is 14.1. The first-order valence-corrected chi connectivity index (χ1v) is 5.27. The van der Waals surface area contributed by atoms with Gasteiger partial charge in [-0.15, -0.1) is 9.24 Å². The van der Waals surface area contributed by atoms with Crippen LogP contribution in [0.5, 0.6) is 0 Å². The third-order valence-electron chi connectivity index (χ3n) is 1.61. The molecule has 3 atom stereocenters. The first kappa shape index (κ1) is 14.6. The molecule has 0 aromatic heterocycles. The fraction of sp³-hybridized carbons (Fsp3) is 0.800. The van der Waals surface area contributed by atoms with Gasteiger partial charge >= 0.3 is 0 Å². The minimum Gasteiger partial charge on any atom is -0.376 e. The Hall–Kier alpha value is 0.130. The second-order valence-electron chi connectivity index (χ2n) is 2.81. The Morgan fingerprint density at radius 1 is 1.25 bits per heavy atom. The van der Waals surface area contributed by atoms with Crippen LogP contribution in [0.15, 0.2) is 12.4 Å². The van der Waals surface area contributed by atoms with E-state index in [1.165, 1.54) is 0 Å². The molecule has 12 heavy (non-hydrogen) atoms. The molecule has 0 heterocycles. The fourth-order valence-electron chi connectivity index (χ4n) is 0.589. The van der Waals surface area contributed by atoms with Gasteiger partial charge in [-0.1, -0.05) is 26.2 Å². The highest BCUT2D eigenvalue weighted by Gasteiger charge is 2.02. The molecule has 0 bridgehead atoms. The van der Waals surface area contributed by atoms with Crippen molar-refractivity contribution in [3.8, 4) is 0 Å². The molecule has 0 aromatic carbocycles. The van der Waals surface area contributed by atoms with Gasteiger partial charge in [-0.2, -0.15) is 0 Å². The van der Waals surface area contributed by atoms with E-state index in [2.05, 4.69) is 43.5 Å². The summed E-state index contributed by atoms with van der Waals surface area (Å²) in [5.41, 5.74) is 0. The van der Waals surface area contributed by atoms with Gasteiger partial charge in [-0.05, 0) is 26.7 Å². The van der Waals surface area contributed by atoms with Crippen molar-refractivity contribution in [2.24, 2.45) is 0 Å². The zero-order valence-electron chi connectivity index (χ0n) is 8.84. The van der Waals surface area contributed by atoms with Gasteiger partial charge in [-0.3, -0.25) is 0 Å². The zero-order chi connectivity index (χ0) is 9.98. The maximum Gasteiger partial charge on any atom is 0.0548 e. The molecule has 0 aliphatic carbocycles. The highest BCUT2D eigenvalue weighted by Crippen LogP contribution is 2.03. The number of ether oxygens (including phenoxy) is 1. The van der Waals surface area contributed by atoms with Crippen molar-refractivity contribution < 1.29 is 4.74 Å². The molecule has 1 nitrogen and oxygen atoms in total. The minimum atomic E-state index is 0.431. The van der Waals surface area contributed by atoms with E-state index in [4.69, 9.17) is 4.74 Å². The first-order chi connectivity index (χ1) is 5.62. The van der Waals surface area contributed by atoms with Gasteiger partial charge in [0.15, 0.2) is 0 Å². The quantitative estimate of drug-likeness (QED) is 0.615. The second kappa shape index (κ2) is 11.1. The Bertz CT molecular complexity index is 85.8. The van der Waals surface area contributed by atoms with Gasteiger partial charge in [0.25, 0.3) is 0 Å². The van der Waals surface area contributed by atoms with Crippen LogP contribution in [0.1, 0.15) is 40.5 Å². The predicted molar refractivity (Wildman–Crippen MR) is 60.5 cm³/mol. The van der Waals surface area contributed by atoms with Crippen LogP contribution in [-0.4, -0.2) is 12.2 Å². The van der Waals surface area contributed by atoms with E-state index in [1.54, 1.807) is 5.82 Å². The summed E-state index contributed by atoms with van der Waals surface area (Å²) in [6.45, 7) is 11.9. The summed E-state index contributed by atoms with van der Waals surface area (Å²) < 4.78 is 5.55. The molecule has 0 fully saturated rings. The summed E-state index contributed by atoms with van der Waals surface area (Å²) in [6.07, 6.45) is 3.09. The SMILES string of the molecule is C=CP.CCC(C)OC(C)CC. The lowest BCUT2D eigenvalue weighted by Crippen LogP contribution is -2.14. The fourth-order valence-corrected chi connectivity index (χ4v) is 0.589. The third kappa shape index (κ3) is 12.8. The Kier molecular flexibility index (Phi) is 13.6. The maximum atomic E-state index is 5.55. The average Bonchev–Trinajstić information content (AvgIpc) is 2.05. The molecule has 0 spiro atoms. The van der Waals surface area contributed by atoms with Crippen molar-refractivity contribution in [1.82, 2.24) is 0 Å². The average molecular weight is 190 g/mol. The minimum absolute atomic E-state index is 0.431. The van der Waals surface area contributed by atoms with Crippen molar-refractivity contribution in [1.29, 1.82) is 0 Å². The van der Waals surface area contributed by atoms with E-state index in [0.29, 0.717) is 12.2 Å². The van der Waals surface area contributed by atoms with Gasteiger partial charge in [0.2, 0.25) is 0 Å². The van der Waals surface area contributed by atoms with Crippen LogP contribution in [0, 0.1) is 0 Å². The molecule has 0 N–H and O–H groups in total. The van der Waals surface area contributed by atoms with Crippen molar-refractivity contribution >= 4 is 9.24 Å². The Labute approximate surface area is 79.8 Å². The Morgan fingerprint density at radius 2 is 1.50 bits per heavy atom. The topological polar surface area (TPSA) is 9.23 Å². The first-order valence-electron chi connectivity index (χ1n) is 4.60. The summed E-state index contributed by atoms with van der Waals surface area (Å²) >= 11 is 0. The van der Waals surface area contributed by atoms with Gasteiger partial charge < -0.3 is 4.74 Å². The van der Waals surface area contributed by atoms with Crippen LogP contribution >= 0.6 is 9.24 Å². The molecule has 0 rings (SSSR count). The molecule has 0 aliphatic rings. The van der Waals surface area contributed by atoms with Gasteiger partial charge in [0, 0.05) is 0 Å². The highest BCUT2D eigenvalue weighted by atomic mass is 31.0. The molecule has 0 radical (unpaired) electrons. The standard InChI is InChI=1S/C8H18O.C2H5P/c1-5-7(3)9-8(4)6-2;1-2-3/h7-8H,5-6H2,1-4H3;2H,1,3H2. The summed E-state index contributed by atoms with van der Waals surface area (Å²) in [5, 5.41) is 0. The van der Waals surface area contributed by atoms with Crippen LogP contribution in [0.3, 0.4) is 0 Å². The predicted octanol–water partition coefficient (Wildman–Crippen LogP) is 3.61. The van der Waals surface area contributed by atoms with E-state index in [-0.39, 0.29) is 0 Å². The lowest BCUT2D eigenvalue weighted by atomic mass is 10.3. The van der Waals surface area contributed by atoms with Crippen LogP contribution in [0.25, 0.3) is 0 Å². The summed E-state index contributed by atoms with van der Waals surface area (Å²) in [6, 6.07) is 0. The van der Waals surface area contributed by atoms with Crippen molar-refractivity contribution in [3.05, 3.63) is 12.4 Å². The number of hydrogen-bond acceptors (Lipinski definition) is 1. The lowest BCUT2D eigenvalue weighted by molar-refractivity contribution is 0.00511. The van der Waals surface area contributed by atoms with Crippen LogP contribution in [0.2, 0.25) is 0 Å². The second-order valence-corrected chi connectivity index (χ2v) is 3.28. The molecular formula is C10H23OP. The van der Waals surface area contributed by atoms with Crippen LogP contribution in [-0.2, 0) is 4.74 Å².